The highest BCUT2D eigenvalue weighted by molar-refractivity contribution is 7.91. The van der Waals surface area contributed by atoms with Gasteiger partial charge in [0, 0.05) is 5.69 Å². The van der Waals surface area contributed by atoms with Crippen molar-refractivity contribution in [2.75, 3.05) is 11.1 Å². The first kappa shape index (κ1) is 20.1. The van der Waals surface area contributed by atoms with E-state index in [2.05, 4.69) is 5.32 Å². The lowest BCUT2D eigenvalue weighted by atomic mass is 10.2. The minimum absolute atomic E-state index is 0.120. The predicted octanol–water partition coefficient (Wildman–Crippen LogP) is 2.54. The Kier molecular flexibility index (Phi) is 6.32. The van der Waals surface area contributed by atoms with Gasteiger partial charge < -0.3 is 10.1 Å². The standard InChI is InChI=1S/C19H18N2O5S/c1-3-27(24,25)17-10-5-4-9-16(17)19(23)26-13(2)18(22)21-15-8-6-7-14(11-15)12-20/h4-11,13H,3H2,1-2H3,(H,21,22)/t13-/m1/s1. The van der Waals surface area contributed by atoms with E-state index in [1.54, 1.807) is 18.2 Å². The molecule has 0 aliphatic heterocycles. The second kappa shape index (κ2) is 8.47. The fourth-order valence-corrected chi connectivity index (χ4v) is 3.33. The van der Waals surface area contributed by atoms with Crippen LogP contribution in [0.2, 0.25) is 0 Å². The number of benzene rings is 2. The molecule has 7 nitrogen and oxygen atoms in total. The van der Waals surface area contributed by atoms with Gasteiger partial charge in [0.05, 0.1) is 27.8 Å². The number of rotatable bonds is 6. The van der Waals surface area contributed by atoms with Gasteiger partial charge in [-0.25, -0.2) is 13.2 Å². The smallest absolute Gasteiger partial charge is 0.340 e. The molecule has 2 aromatic carbocycles. The summed E-state index contributed by atoms with van der Waals surface area (Å²) in [5, 5.41) is 11.4. The van der Waals surface area contributed by atoms with Crippen molar-refractivity contribution in [3.05, 3.63) is 59.7 Å². The monoisotopic (exact) mass is 386 g/mol. The third kappa shape index (κ3) is 4.92. The zero-order valence-electron chi connectivity index (χ0n) is 14.8. The molecule has 2 rings (SSSR count). The number of anilines is 1. The Morgan fingerprint density at radius 2 is 1.89 bits per heavy atom. The van der Waals surface area contributed by atoms with Gasteiger partial charge in [-0.15, -0.1) is 0 Å². The molecule has 2 aromatic rings. The maximum atomic E-state index is 12.4. The second-order valence-corrected chi connectivity index (χ2v) is 7.88. The van der Waals surface area contributed by atoms with Crippen molar-refractivity contribution in [3.8, 4) is 6.07 Å². The summed E-state index contributed by atoms with van der Waals surface area (Å²) in [6, 6.07) is 13.9. The molecule has 0 unspecified atom stereocenters. The van der Waals surface area contributed by atoms with Crippen LogP contribution in [0.25, 0.3) is 0 Å². The number of ether oxygens (including phenoxy) is 1. The number of esters is 1. The molecule has 0 fully saturated rings. The Morgan fingerprint density at radius 3 is 2.56 bits per heavy atom. The summed E-state index contributed by atoms with van der Waals surface area (Å²) < 4.78 is 29.4. The summed E-state index contributed by atoms with van der Waals surface area (Å²) in [7, 11) is -3.62. The summed E-state index contributed by atoms with van der Waals surface area (Å²) in [6.07, 6.45) is -1.17. The van der Waals surface area contributed by atoms with Gasteiger partial charge in [-0.05, 0) is 37.3 Å². The predicted molar refractivity (Wildman–Crippen MR) is 98.8 cm³/mol. The number of hydrogen-bond donors (Lipinski definition) is 1. The average Bonchev–Trinajstić information content (AvgIpc) is 2.67. The number of hydrogen-bond acceptors (Lipinski definition) is 6. The van der Waals surface area contributed by atoms with E-state index in [4.69, 9.17) is 10.00 Å². The van der Waals surface area contributed by atoms with Crippen LogP contribution >= 0.6 is 0 Å². The van der Waals surface area contributed by atoms with Crippen LogP contribution in [0.4, 0.5) is 5.69 Å². The van der Waals surface area contributed by atoms with Crippen molar-refractivity contribution in [2.45, 2.75) is 24.8 Å². The first-order valence-corrected chi connectivity index (χ1v) is 9.77. The second-order valence-electron chi connectivity index (χ2n) is 5.63. The van der Waals surface area contributed by atoms with Crippen LogP contribution < -0.4 is 5.32 Å². The van der Waals surface area contributed by atoms with Crippen molar-refractivity contribution in [1.82, 2.24) is 0 Å². The highest BCUT2D eigenvalue weighted by atomic mass is 32.2. The largest absolute Gasteiger partial charge is 0.449 e. The zero-order chi connectivity index (χ0) is 20.0. The lowest BCUT2D eigenvalue weighted by Crippen LogP contribution is -2.30. The molecule has 0 spiro atoms. The van der Waals surface area contributed by atoms with Crippen LogP contribution in [0.3, 0.4) is 0 Å². The minimum Gasteiger partial charge on any atom is -0.449 e. The fraction of sp³-hybridized carbons (Fsp3) is 0.211. The highest BCUT2D eigenvalue weighted by Crippen LogP contribution is 2.19. The van der Waals surface area contributed by atoms with Gasteiger partial charge >= 0.3 is 5.97 Å². The quantitative estimate of drug-likeness (QED) is 0.763. The molecule has 0 saturated heterocycles. The normalized spacial score (nSPS) is 11.9. The first-order chi connectivity index (χ1) is 12.8. The van der Waals surface area contributed by atoms with Crippen LogP contribution in [0.5, 0.6) is 0 Å². The maximum Gasteiger partial charge on any atom is 0.340 e. The molecule has 1 atom stereocenters. The van der Waals surface area contributed by atoms with Crippen molar-refractivity contribution in [1.29, 1.82) is 5.26 Å². The van der Waals surface area contributed by atoms with Gasteiger partial charge in [-0.2, -0.15) is 5.26 Å². The lowest BCUT2D eigenvalue weighted by molar-refractivity contribution is -0.123. The number of sulfone groups is 1. The average molecular weight is 386 g/mol. The minimum atomic E-state index is -3.62. The molecule has 0 radical (unpaired) electrons. The Balaban J connectivity index is 2.14. The third-order valence-electron chi connectivity index (χ3n) is 3.73. The molecule has 0 bridgehead atoms. The van der Waals surface area contributed by atoms with Gasteiger partial charge in [0.1, 0.15) is 0 Å². The summed E-state index contributed by atoms with van der Waals surface area (Å²) >= 11 is 0. The number of carbonyl (C=O) groups excluding carboxylic acids is 2. The molecule has 0 heterocycles. The Bertz CT molecular complexity index is 1010. The van der Waals surface area contributed by atoms with E-state index in [1.807, 2.05) is 6.07 Å². The summed E-state index contributed by atoms with van der Waals surface area (Å²) in [5.41, 5.74) is 0.637. The molecule has 27 heavy (non-hydrogen) atoms. The van der Waals surface area contributed by atoms with E-state index in [1.165, 1.54) is 44.2 Å². The number of nitrogens with zero attached hydrogens (tertiary/aromatic N) is 1. The highest BCUT2D eigenvalue weighted by Gasteiger charge is 2.25. The van der Waals surface area contributed by atoms with Crippen molar-refractivity contribution >= 4 is 27.4 Å². The number of nitriles is 1. The third-order valence-corrected chi connectivity index (χ3v) is 5.52. The van der Waals surface area contributed by atoms with Crippen molar-refractivity contribution in [3.63, 3.8) is 0 Å². The van der Waals surface area contributed by atoms with Gasteiger partial charge in [0.15, 0.2) is 15.9 Å². The topological polar surface area (TPSA) is 113 Å². The van der Waals surface area contributed by atoms with Crippen LogP contribution in [-0.2, 0) is 19.4 Å². The van der Waals surface area contributed by atoms with E-state index in [9.17, 15) is 18.0 Å². The molecule has 1 N–H and O–H groups in total. The molecule has 0 saturated carbocycles. The molecule has 0 aliphatic carbocycles. The van der Waals surface area contributed by atoms with Crippen LogP contribution in [0.15, 0.2) is 53.4 Å². The molecule has 0 aliphatic rings. The van der Waals surface area contributed by atoms with Crippen molar-refractivity contribution < 1.29 is 22.7 Å². The number of carbonyl (C=O) groups is 2. The molecule has 1 amide bonds. The van der Waals surface area contributed by atoms with E-state index in [-0.39, 0.29) is 16.2 Å². The van der Waals surface area contributed by atoms with Crippen LogP contribution in [0, 0.1) is 11.3 Å². The summed E-state index contributed by atoms with van der Waals surface area (Å²) in [6.45, 7) is 2.85. The van der Waals surface area contributed by atoms with Gasteiger partial charge in [-0.1, -0.05) is 25.1 Å². The van der Waals surface area contributed by atoms with Crippen LogP contribution in [-0.4, -0.2) is 32.2 Å². The summed E-state index contributed by atoms with van der Waals surface area (Å²) in [4.78, 5) is 24.5. The molecule has 8 heteroatoms. The van der Waals surface area contributed by atoms with Gasteiger partial charge in [0.2, 0.25) is 0 Å². The van der Waals surface area contributed by atoms with Gasteiger partial charge in [0.25, 0.3) is 5.91 Å². The molecule has 0 aromatic heterocycles. The molecular formula is C19H18N2O5S. The van der Waals surface area contributed by atoms with E-state index < -0.39 is 27.8 Å². The number of amides is 1. The zero-order valence-corrected chi connectivity index (χ0v) is 15.6. The fourth-order valence-electron chi connectivity index (χ4n) is 2.25. The van der Waals surface area contributed by atoms with E-state index in [0.29, 0.717) is 11.3 Å². The Labute approximate surface area is 157 Å². The summed E-state index contributed by atoms with van der Waals surface area (Å²) in [5.74, 6) is -1.67. The van der Waals surface area contributed by atoms with Crippen molar-refractivity contribution in [2.24, 2.45) is 0 Å². The SMILES string of the molecule is CCS(=O)(=O)c1ccccc1C(=O)O[C@H](C)C(=O)Nc1cccc(C#N)c1. The Morgan fingerprint density at radius 1 is 1.19 bits per heavy atom. The van der Waals surface area contributed by atoms with E-state index >= 15 is 0 Å². The van der Waals surface area contributed by atoms with Gasteiger partial charge in [-0.3, -0.25) is 4.79 Å². The maximum absolute atomic E-state index is 12.4. The Hall–Kier alpha value is -3.18. The molecule has 140 valence electrons. The lowest BCUT2D eigenvalue weighted by Gasteiger charge is -2.15. The van der Waals surface area contributed by atoms with Crippen LogP contribution in [0.1, 0.15) is 29.8 Å². The number of nitrogens with one attached hydrogen (secondary N) is 1. The first-order valence-electron chi connectivity index (χ1n) is 8.12. The molecular weight excluding hydrogens is 368 g/mol. The van der Waals surface area contributed by atoms with E-state index in [0.717, 1.165) is 0 Å².